The Kier molecular flexibility index (Phi) is 4.82. The van der Waals surface area contributed by atoms with Crippen LogP contribution in [-0.2, 0) is 20.7 Å². The summed E-state index contributed by atoms with van der Waals surface area (Å²) in [6, 6.07) is 6.68. The molecule has 3 rings (SSSR count). The van der Waals surface area contributed by atoms with Gasteiger partial charge in [0.05, 0.1) is 12.1 Å². The Labute approximate surface area is 147 Å². The van der Waals surface area contributed by atoms with Crippen LogP contribution >= 0.6 is 22.9 Å². The molecule has 1 amide bonds. The van der Waals surface area contributed by atoms with Crippen LogP contribution in [0.3, 0.4) is 0 Å². The fourth-order valence-electron chi connectivity index (χ4n) is 2.08. The number of aromatic nitrogens is 2. The van der Waals surface area contributed by atoms with Gasteiger partial charge in [0, 0.05) is 28.5 Å². The molecule has 0 aliphatic rings. The van der Waals surface area contributed by atoms with Crippen molar-refractivity contribution in [1.29, 1.82) is 0 Å². The number of halogens is 1. The van der Waals surface area contributed by atoms with Gasteiger partial charge in [-0.3, -0.25) is 14.0 Å². The number of thiazole rings is 1. The SMILES string of the molecule is CC(OC(=O)Cc1cn2ccsc2n1)C(=O)Nc1ccc(Cl)cc1. The lowest BCUT2D eigenvalue weighted by molar-refractivity contribution is -0.152. The van der Waals surface area contributed by atoms with Gasteiger partial charge in [-0.2, -0.15) is 0 Å². The molecule has 0 aliphatic carbocycles. The van der Waals surface area contributed by atoms with Gasteiger partial charge >= 0.3 is 5.97 Å². The molecule has 24 heavy (non-hydrogen) atoms. The van der Waals surface area contributed by atoms with Gasteiger partial charge in [0.15, 0.2) is 11.1 Å². The van der Waals surface area contributed by atoms with E-state index in [0.29, 0.717) is 16.4 Å². The van der Waals surface area contributed by atoms with Gasteiger partial charge in [-0.1, -0.05) is 11.6 Å². The largest absolute Gasteiger partial charge is 0.452 e. The van der Waals surface area contributed by atoms with Crippen LogP contribution in [0.25, 0.3) is 4.96 Å². The van der Waals surface area contributed by atoms with E-state index in [2.05, 4.69) is 10.3 Å². The van der Waals surface area contributed by atoms with Crippen LogP contribution in [0.4, 0.5) is 5.69 Å². The number of fused-ring (bicyclic) bond motifs is 1. The number of hydrogen-bond donors (Lipinski definition) is 1. The van der Waals surface area contributed by atoms with Crippen LogP contribution in [0.2, 0.25) is 5.02 Å². The van der Waals surface area contributed by atoms with E-state index in [-0.39, 0.29) is 6.42 Å². The summed E-state index contributed by atoms with van der Waals surface area (Å²) >= 11 is 7.27. The van der Waals surface area contributed by atoms with Gasteiger partial charge in [0.1, 0.15) is 0 Å². The number of imidazole rings is 1. The summed E-state index contributed by atoms with van der Waals surface area (Å²) in [7, 11) is 0. The lowest BCUT2D eigenvalue weighted by atomic mass is 10.3. The molecule has 1 N–H and O–H groups in total. The van der Waals surface area contributed by atoms with Crippen LogP contribution < -0.4 is 5.32 Å². The number of nitrogens with zero attached hydrogens (tertiary/aromatic N) is 2. The van der Waals surface area contributed by atoms with E-state index in [1.807, 2.05) is 16.0 Å². The predicted octanol–water partition coefficient (Wildman–Crippen LogP) is 3.16. The van der Waals surface area contributed by atoms with Crippen LogP contribution in [0.15, 0.2) is 42.0 Å². The number of anilines is 1. The van der Waals surface area contributed by atoms with Crippen molar-refractivity contribution < 1.29 is 14.3 Å². The van der Waals surface area contributed by atoms with E-state index in [9.17, 15) is 9.59 Å². The smallest absolute Gasteiger partial charge is 0.312 e. The first kappa shape index (κ1) is 16.5. The highest BCUT2D eigenvalue weighted by Crippen LogP contribution is 2.14. The highest BCUT2D eigenvalue weighted by molar-refractivity contribution is 7.15. The molecule has 2 aromatic heterocycles. The topological polar surface area (TPSA) is 72.7 Å². The molecule has 0 bridgehead atoms. The third kappa shape index (κ3) is 3.93. The summed E-state index contributed by atoms with van der Waals surface area (Å²) in [6.07, 6.45) is 2.75. The second-order valence-corrected chi connectivity index (χ2v) is 6.44. The molecule has 1 aromatic carbocycles. The van der Waals surface area contributed by atoms with Crippen molar-refractivity contribution in [3.8, 4) is 0 Å². The zero-order chi connectivity index (χ0) is 17.1. The summed E-state index contributed by atoms with van der Waals surface area (Å²) < 4.78 is 7.00. The standard InChI is InChI=1S/C16H14ClN3O3S/c1-10(15(22)18-12-4-2-11(17)3-5-12)23-14(21)8-13-9-20-6-7-24-16(20)19-13/h2-7,9-10H,8H2,1H3,(H,18,22). The number of benzene rings is 1. The Bertz CT molecular complexity index is 844. The lowest BCUT2D eigenvalue weighted by Crippen LogP contribution is -2.30. The van der Waals surface area contributed by atoms with Crippen molar-refractivity contribution in [3.05, 3.63) is 52.8 Å². The molecule has 0 radical (unpaired) electrons. The third-order valence-corrected chi connectivity index (χ3v) is 4.28. The molecule has 0 saturated carbocycles. The molecule has 2 heterocycles. The minimum Gasteiger partial charge on any atom is -0.452 e. The first-order valence-electron chi connectivity index (χ1n) is 7.18. The third-order valence-electron chi connectivity index (χ3n) is 3.26. The Morgan fingerprint density at radius 3 is 2.83 bits per heavy atom. The molecule has 0 aliphatic heterocycles. The van der Waals surface area contributed by atoms with E-state index in [1.54, 1.807) is 30.5 Å². The molecule has 124 valence electrons. The Hall–Kier alpha value is -2.38. The molecule has 1 atom stereocenters. The fraction of sp³-hybridized carbons (Fsp3) is 0.188. The maximum absolute atomic E-state index is 12.0. The van der Waals surface area contributed by atoms with Crippen LogP contribution in [0.5, 0.6) is 0 Å². The van der Waals surface area contributed by atoms with Crippen molar-refractivity contribution in [1.82, 2.24) is 9.38 Å². The molecule has 8 heteroatoms. The Morgan fingerprint density at radius 2 is 2.12 bits per heavy atom. The van der Waals surface area contributed by atoms with Crippen LogP contribution in [-0.4, -0.2) is 27.4 Å². The molecule has 6 nitrogen and oxygen atoms in total. The van der Waals surface area contributed by atoms with Crippen molar-refractivity contribution >= 4 is 45.5 Å². The number of carbonyl (C=O) groups is 2. The molecule has 3 aromatic rings. The average molecular weight is 364 g/mol. The first-order valence-corrected chi connectivity index (χ1v) is 8.44. The quantitative estimate of drug-likeness (QED) is 0.707. The van der Waals surface area contributed by atoms with Crippen molar-refractivity contribution in [3.63, 3.8) is 0 Å². The maximum Gasteiger partial charge on any atom is 0.312 e. The fourth-order valence-corrected chi connectivity index (χ4v) is 2.92. The highest BCUT2D eigenvalue weighted by atomic mass is 35.5. The zero-order valence-electron chi connectivity index (χ0n) is 12.7. The molecule has 0 spiro atoms. The van der Waals surface area contributed by atoms with Crippen molar-refractivity contribution in [2.24, 2.45) is 0 Å². The highest BCUT2D eigenvalue weighted by Gasteiger charge is 2.19. The van der Waals surface area contributed by atoms with Gasteiger partial charge in [0.25, 0.3) is 5.91 Å². The number of nitrogens with one attached hydrogen (secondary N) is 1. The number of hydrogen-bond acceptors (Lipinski definition) is 5. The molecular weight excluding hydrogens is 350 g/mol. The number of ether oxygens (including phenoxy) is 1. The van der Waals surface area contributed by atoms with Gasteiger partial charge in [-0.15, -0.1) is 11.3 Å². The normalized spacial score (nSPS) is 12.1. The van der Waals surface area contributed by atoms with E-state index >= 15 is 0 Å². The van der Waals surface area contributed by atoms with Crippen molar-refractivity contribution in [2.45, 2.75) is 19.4 Å². The van der Waals surface area contributed by atoms with E-state index in [0.717, 1.165) is 4.96 Å². The molecular formula is C16H14ClN3O3S. The van der Waals surface area contributed by atoms with E-state index in [4.69, 9.17) is 16.3 Å². The predicted molar refractivity (Wildman–Crippen MR) is 92.4 cm³/mol. The second-order valence-electron chi connectivity index (χ2n) is 5.13. The minimum atomic E-state index is -0.906. The van der Waals surface area contributed by atoms with Crippen molar-refractivity contribution in [2.75, 3.05) is 5.32 Å². The minimum absolute atomic E-state index is 0.0208. The lowest BCUT2D eigenvalue weighted by Gasteiger charge is -2.13. The van der Waals surface area contributed by atoms with Crippen LogP contribution in [0, 0.1) is 0 Å². The van der Waals surface area contributed by atoms with E-state index < -0.39 is 18.0 Å². The van der Waals surface area contributed by atoms with E-state index in [1.165, 1.54) is 18.3 Å². The second kappa shape index (κ2) is 7.02. The van der Waals surface area contributed by atoms with Crippen LogP contribution in [0.1, 0.15) is 12.6 Å². The van der Waals surface area contributed by atoms with Gasteiger partial charge in [-0.25, -0.2) is 4.98 Å². The number of amides is 1. The number of carbonyl (C=O) groups excluding carboxylic acids is 2. The molecule has 0 fully saturated rings. The summed E-state index contributed by atoms with van der Waals surface area (Å²) in [5.41, 5.74) is 1.19. The summed E-state index contributed by atoms with van der Waals surface area (Å²) in [5.74, 6) is -0.906. The van der Waals surface area contributed by atoms with Gasteiger partial charge in [0.2, 0.25) is 0 Å². The molecule has 1 unspecified atom stereocenters. The van der Waals surface area contributed by atoms with Gasteiger partial charge in [-0.05, 0) is 31.2 Å². The monoisotopic (exact) mass is 363 g/mol. The zero-order valence-corrected chi connectivity index (χ0v) is 14.3. The van der Waals surface area contributed by atoms with Gasteiger partial charge < -0.3 is 10.1 Å². The first-order chi connectivity index (χ1) is 11.5. The number of rotatable bonds is 5. The Balaban J connectivity index is 1.54. The Morgan fingerprint density at radius 1 is 1.38 bits per heavy atom. The maximum atomic E-state index is 12.0. The average Bonchev–Trinajstić information content (AvgIpc) is 3.10. The summed E-state index contributed by atoms with van der Waals surface area (Å²) in [5, 5.41) is 5.15. The summed E-state index contributed by atoms with van der Waals surface area (Å²) in [6.45, 7) is 1.52. The summed E-state index contributed by atoms with van der Waals surface area (Å²) in [4.78, 5) is 29.1. The number of esters is 1. The molecule has 0 saturated heterocycles.